The molecule has 1 saturated heterocycles. The predicted octanol–water partition coefficient (Wildman–Crippen LogP) is 2.57. The van der Waals surface area contributed by atoms with Gasteiger partial charge in [0.15, 0.2) is 5.65 Å². The number of carbonyl (C=O) groups excluding carboxylic acids is 1. The Hall–Kier alpha value is -1.95. The molecule has 3 rings (SSSR count). The van der Waals surface area contributed by atoms with Crippen molar-refractivity contribution >= 4 is 16.9 Å². The summed E-state index contributed by atoms with van der Waals surface area (Å²) in [5.41, 5.74) is 2.25. The fourth-order valence-electron chi connectivity index (χ4n) is 2.98. The minimum Gasteiger partial charge on any atom is -0.375 e. The van der Waals surface area contributed by atoms with Crippen LogP contribution in [-0.4, -0.2) is 51.4 Å². The third kappa shape index (κ3) is 2.95. The molecule has 124 valence electrons. The van der Waals surface area contributed by atoms with Crippen molar-refractivity contribution in [1.29, 1.82) is 0 Å². The van der Waals surface area contributed by atoms with Crippen LogP contribution in [0.4, 0.5) is 0 Å². The predicted molar refractivity (Wildman–Crippen MR) is 88.6 cm³/mol. The lowest BCUT2D eigenvalue weighted by atomic mass is 10.1. The van der Waals surface area contributed by atoms with Crippen LogP contribution < -0.4 is 0 Å². The Morgan fingerprint density at radius 3 is 2.96 bits per heavy atom. The van der Waals surface area contributed by atoms with Crippen LogP contribution in [0.5, 0.6) is 0 Å². The molecule has 2 aromatic rings. The topological polar surface area (TPSA) is 60.2 Å². The molecular formula is C17H24N4O2. The molecule has 6 heteroatoms. The summed E-state index contributed by atoms with van der Waals surface area (Å²) in [4.78, 5) is 19.4. The first-order valence-electron chi connectivity index (χ1n) is 8.27. The molecule has 1 aliphatic rings. The van der Waals surface area contributed by atoms with Crippen LogP contribution in [-0.2, 0) is 4.74 Å². The van der Waals surface area contributed by atoms with Gasteiger partial charge in [-0.3, -0.25) is 4.79 Å². The SMILES string of the molecule is CC[C@H]1CN(C(=O)c2cc3cnn(C(C)C)c3nc2C)CCO1. The Labute approximate surface area is 136 Å². The molecule has 23 heavy (non-hydrogen) atoms. The lowest BCUT2D eigenvalue weighted by Gasteiger charge is -2.32. The average molecular weight is 316 g/mol. The number of aryl methyl sites for hydroxylation is 1. The molecule has 3 heterocycles. The van der Waals surface area contributed by atoms with Crippen LogP contribution in [0.15, 0.2) is 12.3 Å². The molecule has 1 fully saturated rings. The van der Waals surface area contributed by atoms with E-state index in [4.69, 9.17) is 4.74 Å². The van der Waals surface area contributed by atoms with Gasteiger partial charge in [-0.25, -0.2) is 9.67 Å². The molecule has 0 saturated carbocycles. The first-order valence-corrected chi connectivity index (χ1v) is 8.27. The van der Waals surface area contributed by atoms with Crippen LogP contribution >= 0.6 is 0 Å². The highest BCUT2D eigenvalue weighted by Crippen LogP contribution is 2.21. The normalized spacial score (nSPS) is 18.8. The number of morpholine rings is 1. The number of ether oxygens (including phenoxy) is 1. The zero-order chi connectivity index (χ0) is 16.6. The number of fused-ring (bicyclic) bond motifs is 1. The van der Waals surface area contributed by atoms with Crippen molar-refractivity contribution in [3.8, 4) is 0 Å². The molecule has 6 nitrogen and oxygen atoms in total. The third-order valence-corrected chi connectivity index (χ3v) is 4.36. The maximum Gasteiger partial charge on any atom is 0.255 e. The summed E-state index contributed by atoms with van der Waals surface area (Å²) in [5.74, 6) is 0.0379. The number of hydrogen-bond donors (Lipinski definition) is 0. The quantitative estimate of drug-likeness (QED) is 0.873. The monoisotopic (exact) mass is 316 g/mol. The smallest absolute Gasteiger partial charge is 0.255 e. The first-order chi connectivity index (χ1) is 11.0. The number of rotatable bonds is 3. The standard InChI is InChI=1S/C17H24N4O2/c1-5-14-10-20(6-7-23-14)17(22)15-8-13-9-18-21(11(2)3)16(13)19-12(15)4/h8-9,11,14H,5-7,10H2,1-4H3/t14-/m0/s1. The highest BCUT2D eigenvalue weighted by molar-refractivity contribution is 5.98. The molecule has 1 amide bonds. The summed E-state index contributed by atoms with van der Waals surface area (Å²) in [7, 11) is 0. The second kappa shape index (κ2) is 6.28. The number of hydrogen-bond acceptors (Lipinski definition) is 4. The van der Waals surface area contributed by atoms with Gasteiger partial charge >= 0.3 is 0 Å². The second-order valence-electron chi connectivity index (χ2n) is 6.37. The van der Waals surface area contributed by atoms with Gasteiger partial charge in [-0.2, -0.15) is 5.10 Å². The second-order valence-corrected chi connectivity index (χ2v) is 6.37. The molecular weight excluding hydrogens is 292 g/mol. The Kier molecular flexibility index (Phi) is 4.35. The highest BCUT2D eigenvalue weighted by atomic mass is 16.5. The van der Waals surface area contributed by atoms with E-state index in [2.05, 4.69) is 30.9 Å². The lowest BCUT2D eigenvalue weighted by molar-refractivity contribution is -0.0226. The van der Waals surface area contributed by atoms with Crippen LogP contribution in [0.25, 0.3) is 11.0 Å². The van der Waals surface area contributed by atoms with Crippen molar-refractivity contribution < 1.29 is 9.53 Å². The molecule has 2 aromatic heterocycles. The van der Waals surface area contributed by atoms with E-state index < -0.39 is 0 Å². The molecule has 1 atom stereocenters. The van der Waals surface area contributed by atoms with E-state index in [1.807, 2.05) is 22.6 Å². The van der Waals surface area contributed by atoms with Crippen LogP contribution in [0.1, 0.15) is 49.3 Å². The van der Waals surface area contributed by atoms with Crippen LogP contribution in [0.2, 0.25) is 0 Å². The Bertz CT molecular complexity index is 723. The summed E-state index contributed by atoms with van der Waals surface area (Å²) in [6.45, 7) is 10.0. The minimum atomic E-state index is 0.0379. The Balaban J connectivity index is 1.93. The van der Waals surface area contributed by atoms with Gasteiger partial charge in [0.2, 0.25) is 0 Å². The number of carbonyl (C=O) groups is 1. The summed E-state index contributed by atoms with van der Waals surface area (Å²) >= 11 is 0. The Morgan fingerprint density at radius 2 is 2.26 bits per heavy atom. The molecule has 0 radical (unpaired) electrons. The van der Waals surface area contributed by atoms with Gasteiger partial charge in [0.1, 0.15) is 0 Å². The molecule has 0 unspecified atom stereocenters. The van der Waals surface area contributed by atoms with Crippen molar-refractivity contribution in [2.75, 3.05) is 19.7 Å². The molecule has 1 aliphatic heterocycles. The van der Waals surface area contributed by atoms with Crippen molar-refractivity contribution in [3.63, 3.8) is 0 Å². The molecule has 0 N–H and O–H groups in total. The fourth-order valence-corrected chi connectivity index (χ4v) is 2.98. The summed E-state index contributed by atoms with van der Waals surface area (Å²) < 4.78 is 7.54. The van der Waals surface area contributed by atoms with Crippen molar-refractivity contribution in [2.45, 2.75) is 46.3 Å². The van der Waals surface area contributed by atoms with Crippen LogP contribution in [0, 0.1) is 6.92 Å². The summed E-state index contributed by atoms with van der Waals surface area (Å²) in [6, 6.07) is 2.16. The zero-order valence-corrected chi connectivity index (χ0v) is 14.2. The maximum absolute atomic E-state index is 12.9. The average Bonchev–Trinajstić information content (AvgIpc) is 2.96. The van der Waals surface area contributed by atoms with Crippen molar-refractivity contribution in [3.05, 3.63) is 23.5 Å². The maximum atomic E-state index is 12.9. The van der Waals surface area contributed by atoms with Gasteiger partial charge in [-0.05, 0) is 33.3 Å². The van der Waals surface area contributed by atoms with E-state index in [0.717, 1.165) is 23.1 Å². The largest absolute Gasteiger partial charge is 0.375 e. The van der Waals surface area contributed by atoms with Gasteiger partial charge in [0, 0.05) is 24.5 Å². The van der Waals surface area contributed by atoms with E-state index in [-0.39, 0.29) is 18.1 Å². The fraction of sp³-hybridized carbons (Fsp3) is 0.588. The van der Waals surface area contributed by atoms with Gasteiger partial charge in [-0.15, -0.1) is 0 Å². The zero-order valence-electron chi connectivity index (χ0n) is 14.2. The number of aromatic nitrogens is 3. The summed E-state index contributed by atoms with van der Waals surface area (Å²) in [6.07, 6.45) is 2.84. The van der Waals surface area contributed by atoms with Gasteiger partial charge in [0.25, 0.3) is 5.91 Å². The van der Waals surface area contributed by atoms with E-state index in [9.17, 15) is 4.79 Å². The van der Waals surface area contributed by atoms with E-state index in [1.165, 1.54) is 0 Å². The van der Waals surface area contributed by atoms with Gasteiger partial charge in [-0.1, -0.05) is 6.92 Å². The minimum absolute atomic E-state index is 0.0379. The number of pyridine rings is 1. The van der Waals surface area contributed by atoms with E-state index in [1.54, 1.807) is 6.20 Å². The molecule has 0 spiro atoms. The first kappa shape index (κ1) is 15.9. The lowest BCUT2D eigenvalue weighted by Crippen LogP contribution is -2.45. The number of amides is 1. The van der Waals surface area contributed by atoms with Crippen LogP contribution in [0.3, 0.4) is 0 Å². The molecule has 0 aromatic carbocycles. The Morgan fingerprint density at radius 1 is 1.48 bits per heavy atom. The third-order valence-electron chi connectivity index (χ3n) is 4.36. The molecule has 0 bridgehead atoms. The van der Waals surface area contributed by atoms with Gasteiger partial charge in [0.05, 0.1) is 30.2 Å². The number of nitrogens with zero attached hydrogens (tertiary/aromatic N) is 4. The summed E-state index contributed by atoms with van der Waals surface area (Å²) in [5, 5.41) is 5.29. The van der Waals surface area contributed by atoms with E-state index in [0.29, 0.717) is 25.3 Å². The molecule has 0 aliphatic carbocycles. The van der Waals surface area contributed by atoms with Gasteiger partial charge < -0.3 is 9.64 Å². The van der Waals surface area contributed by atoms with Crippen molar-refractivity contribution in [2.24, 2.45) is 0 Å². The van der Waals surface area contributed by atoms with Crippen molar-refractivity contribution in [1.82, 2.24) is 19.7 Å². The van der Waals surface area contributed by atoms with E-state index >= 15 is 0 Å². The highest BCUT2D eigenvalue weighted by Gasteiger charge is 2.26.